The molecule has 0 saturated heterocycles. The summed E-state index contributed by atoms with van der Waals surface area (Å²) in [5.41, 5.74) is 7.25. The number of rotatable bonds is 6. The molecule has 3 heteroatoms. The molecule has 2 aromatic carbocycles. The SMILES string of the molecule is CCC(C)c1ccccc1Oc1cccc(F)c1CCN. The largest absolute Gasteiger partial charge is 0.457 e. The van der Waals surface area contributed by atoms with Crippen molar-refractivity contribution >= 4 is 0 Å². The highest BCUT2D eigenvalue weighted by Crippen LogP contribution is 2.34. The zero-order chi connectivity index (χ0) is 15.2. The first-order valence-corrected chi connectivity index (χ1v) is 7.41. The highest BCUT2D eigenvalue weighted by atomic mass is 19.1. The van der Waals surface area contributed by atoms with Gasteiger partial charge in [0.2, 0.25) is 0 Å². The van der Waals surface area contributed by atoms with Crippen molar-refractivity contribution in [1.82, 2.24) is 0 Å². The molecule has 2 aromatic rings. The van der Waals surface area contributed by atoms with Crippen molar-refractivity contribution in [2.45, 2.75) is 32.6 Å². The predicted molar refractivity (Wildman–Crippen MR) is 84.4 cm³/mol. The van der Waals surface area contributed by atoms with Crippen LogP contribution in [-0.2, 0) is 6.42 Å². The number of hydrogen-bond donors (Lipinski definition) is 1. The van der Waals surface area contributed by atoms with Gasteiger partial charge in [-0.1, -0.05) is 38.1 Å². The van der Waals surface area contributed by atoms with Crippen LogP contribution in [0.15, 0.2) is 42.5 Å². The zero-order valence-corrected chi connectivity index (χ0v) is 12.6. The Hall–Kier alpha value is -1.87. The van der Waals surface area contributed by atoms with Crippen LogP contribution < -0.4 is 10.5 Å². The van der Waals surface area contributed by atoms with Crippen LogP contribution in [0, 0.1) is 5.82 Å². The fourth-order valence-corrected chi connectivity index (χ4v) is 2.34. The van der Waals surface area contributed by atoms with Crippen molar-refractivity contribution in [2.24, 2.45) is 5.73 Å². The first-order valence-electron chi connectivity index (χ1n) is 7.41. The fourth-order valence-electron chi connectivity index (χ4n) is 2.34. The Bertz CT molecular complexity index is 598. The molecule has 112 valence electrons. The van der Waals surface area contributed by atoms with Crippen LogP contribution in [0.25, 0.3) is 0 Å². The topological polar surface area (TPSA) is 35.2 Å². The summed E-state index contributed by atoms with van der Waals surface area (Å²) in [7, 11) is 0. The Morgan fingerprint density at radius 2 is 1.81 bits per heavy atom. The average molecular weight is 287 g/mol. The summed E-state index contributed by atoms with van der Waals surface area (Å²) in [5.74, 6) is 1.47. The van der Waals surface area contributed by atoms with E-state index < -0.39 is 0 Å². The third kappa shape index (κ3) is 3.61. The molecule has 0 spiro atoms. The maximum atomic E-state index is 13.9. The van der Waals surface area contributed by atoms with Gasteiger partial charge in [0, 0.05) is 5.56 Å². The number of halogens is 1. The molecular weight excluding hydrogens is 265 g/mol. The van der Waals surface area contributed by atoms with Crippen LogP contribution >= 0.6 is 0 Å². The standard InChI is InChI=1S/C18H22FNO/c1-3-13(2)14-7-4-5-9-17(14)21-18-10-6-8-16(19)15(18)11-12-20/h4-10,13H,3,11-12,20H2,1-2H3. The molecule has 0 saturated carbocycles. The summed E-state index contributed by atoms with van der Waals surface area (Å²) in [6, 6.07) is 12.8. The normalized spacial score (nSPS) is 12.2. The first-order chi connectivity index (χ1) is 10.2. The van der Waals surface area contributed by atoms with Gasteiger partial charge in [-0.15, -0.1) is 0 Å². The van der Waals surface area contributed by atoms with Crippen molar-refractivity contribution < 1.29 is 9.13 Å². The van der Waals surface area contributed by atoms with Crippen molar-refractivity contribution in [3.63, 3.8) is 0 Å². The van der Waals surface area contributed by atoms with Gasteiger partial charge in [-0.05, 0) is 49.1 Å². The van der Waals surface area contributed by atoms with Crippen LogP contribution in [0.4, 0.5) is 4.39 Å². The van der Waals surface area contributed by atoms with E-state index in [0.717, 1.165) is 17.7 Å². The lowest BCUT2D eigenvalue weighted by Crippen LogP contribution is -2.06. The monoisotopic (exact) mass is 287 g/mol. The van der Waals surface area contributed by atoms with E-state index in [-0.39, 0.29) is 5.82 Å². The Morgan fingerprint density at radius 3 is 2.52 bits per heavy atom. The Balaban J connectivity index is 2.37. The van der Waals surface area contributed by atoms with Gasteiger partial charge in [0.05, 0.1) is 0 Å². The molecule has 1 atom stereocenters. The van der Waals surface area contributed by atoms with Crippen molar-refractivity contribution in [3.05, 3.63) is 59.4 Å². The van der Waals surface area contributed by atoms with E-state index >= 15 is 0 Å². The van der Waals surface area contributed by atoms with E-state index in [1.54, 1.807) is 12.1 Å². The maximum Gasteiger partial charge on any atom is 0.133 e. The number of ether oxygens (including phenoxy) is 1. The lowest BCUT2D eigenvalue weighted by molar-refractivity contribution is 0.456. The minimum Gasteiger partial charge on any atom is -0.457 e. The highest BCUT2D eigenvalue weighted by Gasteiger charge is 2.14. The molecule has 0 bridgehead atoms. The molecule has 2 N–H and O–H groups in total. The van der Waals surface area contributed by atoms with Gasteiger partial charge in [0.1, 0.15) is 17.3 Å². The van der Waals surface area contributed by atoms with Crippen LogP contribution in [0.5, 0.6) is 11.5 Å². The van der Waals surface area contributed by atoms with Gasteiger partial charge in [0.15, 0.2) is 0 Å². The van der Waals surface area contributed by atoms with E-state index in [1.165, 1.54) is 6.07 Å². The Kier molecular flexibility index (Phi) is 5.34. The van der Waals surface area contributed by atoms with Crippen LogP contribution in [-0.4, -0.2) is 6.54 Å². The summed E-state index contributed by atoms with van der Waals surface area (Å²) in [5, 5.41) is 0. The van der Waals surface area contributed by atoms with Gasteiger partial charge >= 0.3 is 0 Å². The fraction of sp³-hybridized carbons (Fsp3) is 0.333. The van der Waals surface area contributed by atoms with Gasteiger partial charge in [-0.3, -0.25) is 0 Å². The third-order valence-corrected chi connectivity index (χ3v) is 3.75. The molecule has 0 aromatic heterocycles. The second-order valence-electron chi connectivity index (χ2n) is 5.20. The number of benzene rings is 2. The number of hydrogen-bond acceptors (Lipinski definition) is 2. The van der Waals surface area contributed by atoms with Crippen LogP contribution in [0.1, 0.15) is 37.3 Å². The molecule has 2 nitrogen and oxygen atoms in total. The van der Waals surface area contributed by atoms with E-state index in [1.807, 2.05) is 18.2 Å². The van der Waals surface area contributed by atoms with Crippen LogP contribution in [0.3, 0.4) is 0 Å². The molecular formula is C18H22FNO. The quantitative estimate of drug-likeness (QED) is 0.840. The molecule has 0 aliphatic rings. The number of nitrogens with two attached hydrogens (primary N) is 1. The van der Waals surface area contributed by atoms with Crippen molar-refractivity contribution in [2.75, 3.05) is 6.54 Å². The molecule has 0 amide bonds. The average Bonchev–Trinajstić information content (AvgIpc) is 2.50. The maximum absolute atomic E-state index is 13.9. The smallest absolute Gasteiger partial charge is 0.133 e. The van der Waals surface area contributed by atoms with Crippen LogP contribution in [0.2, 0.25) is 0 Å². The summed E-state index contributed by atoms with van der Waals surface area (Å²) < 4.78 is 19.9. The minimum absolute atomic E-state index is 0.265. The zero-order valence-electron chi connectivity index (χ0n) is 12.6. The lowest BCUT2D eigenvalue weighted by atomic mass is 9.98. The second kappa shape index (κ2) is 7.23. The lowest BCUT2D eigenvalue weighted by Gasteiger charge is -2.17. The third-order valence-electron chi connectivity index (χ3n) is 3.75. The van der Waals surface area contributed by atoms with E-state index in [0.29, 0.717) is 30.2 Å². The summed E-state index contributed by atoms with van der Waals surface area (Å²) >= 11 is 0. The minimum atomic E-state index is -0.265. The molecule has 0 radical (unpaired) electrons. The number of para-hydroxylation sites is 1. The summed E-state index contributed by atoms with van der Waals surface area (Å²) in [6.07, 6.45) is 1.49. The Labute approximate surface area is 125 Å². The highest BCUT2D eigenvalue weighted by molar-refractivity contribution is 5.43. The summed E-state index contributed by atoms with van der Waals surface area (Å²) in [6.45, 7) is 4.70. The first kappa shape index (κ1) is 15.5. The molecule has 0 heterocycles. The van der Waals surface area contributed by atoms with E-state index in [4.69, 9.17) is 10.5 Å². The van der Waals surface area contributed by atoms with E-state index in [2.05, 4.69) is 19.9 Å². The van der Waals surface area contributed by atoms with Crippen molar-refractivity contribution in [3.8, 4) is 11.5 Å². The summed E-state index contributed by atoms with van der Waals surface area (Å²) in [4.78, 5) is 0. The Morgan fingerprint density at radius 1 is 1.10 bits per heavy atom. The molecule has 0 aliphatic heterocycles. The molecule has 2 rings (SSSR count). The second-order valence-corrected chi connectivity index (χ2v) is 5.20. The van der Waals surface area contributed by atoms with Gasteiger partial charge < -0.3 is 10.5 Å². The molecule has 1 unspecified atom stereocenters. The van der Waals surface area contributed by atoms with Gasteiger partial charge in [0.25, 0.3) is 0 Å². The van der Waals surface area contributed by atoms with Crippen molar-refractivity contribution in [1.29, 1.82) is 0 Å². The molecule has 0 fully saturated rings. The van der Waals surface area contributed by atoms with E-state index in [9.17, 15) is 4.39 Å². The molecule has 21 heavy (non-hydrogen) atoms. The molecule has 0 aliphatic carbocycles. The predicted octanol–water partition coefficient (Wildman–Crippen LogP) is 4.63. The van der Waals surface area contributed by atoms with Gasteiger partial charge in [-0.25, -0.2) is 4.39 Å². The van der Waals surface area contributed by atoms with Gasteiger partial charge in [-0.2, -0.15) is 0 Å².